The zero-order valence-corrected chi connectivity index (χ0v) is 7.53. The fourth-order valence-corrected chi connectivity index (χ4v) is 1.71. The van der Waals surface area contributed by atoms with E-state index in [0.29, 0.717) is 11.7 Å². The molecule has 1 unspecified atom stereocenters. The van der Waals surface area contributed by atoms with E-state index in [0.717, 1.165) is 25.2 Å². The van der Waals surface area contributed by atoms with Crippen molar-refractivity contribution in [2.45, 2.75) is 12.8 Å². The van der Waals surface area contributed by atoms with Gasteiger partial charge in [0.1, 0.15) is 12.1 Å². The van der Waals surface area contributed by atoms with Crippen molar-refractivity contribution in [2.24, 2.45) is 5.92 Å². The Hall–Kier alpha value is -1.16. The molecule has 0 radical (unpaired) electrons. The molecule has 1 aliphatic rings. The smallest absolute Gasteiger partial charge is 0.126 e. The van der Waals surface area contributed by atoms with Gasteiger partial charge in [0.2, 0.25) is 0 Å². The number of aromatic nitrogens is 2. The van der Waals surface area contributed by atoms with Crippen molar-refractivity contribution in [3.8, 4) is 0 Å². The Morgan fingerprint density at radius 2 is 2.46 bits per heavy atom. The molecule has 4 heteroatoms. The number of hydrogen-bond donors (Lipinski definition) is 2. The van der Waals surface area contributed by atoms with Gasteiger partial charge in [-0.3, -0.25) is 0 Å². The SMILES string of the molecule is Nc1cc(CC2CCNC2)ncn1. The zero-order valence-electron chi connectivity index (χ0n) is 7.53. The van der Waals surface area contributed by atoms with E-state index >= 15 is 0 Å². The summed E-state index contributed by atoms with van der Waals surface area (Å²) in [6.45, 7) is 2.23. The van der Waals surface area contributed by atoms with Crippen LogP contribution in [0.2, 0.25) is 0 Å². The van der Waals surface area contributed by atoms with Gasteiger partial charge in [0.05, 0.1) is 0 Å². The molecule has 1 aromatic rings. The van der Waals surface area contributed by atoms with E-state index in [1.165, 1.54) is 12.7 Å². The van der Waals surface area contributed by atoms with Crippen molar-refractivity contribution in [1.82, 2.24) is 15.3 Å². The topological polar surface area (TPSA) is 63.8 Å². The number of hydrogen-bond acceptors (Lipinski definition) is 4. The highest BCUT2D eigenvalue weighted by Gasteiger charge is 2.15. The van der Waals surface area contributed by atoms with Crippen molar-refractivity contribution in [1.29, 1.82) is 0 Å². The van der Waals surface area contributed by atoms with Crippen molar-refractivity contribution < 1.29 is 0 Å². The Kier molecular flexibility index (Phi) is 2.40. The molecular formula is C9H14N4. The Morgan fingerprint density at radius 1 is 1.54 bits per heavy atom. The lowest BCUT2D eigenvalue weighted by molar-refractivity contribution is 0.571. The average molecular weight is 178 g/mol. The first-order valence-electron chi connectivity index (χ1n) is 4.62. The Bertz CT molecular complexity index is 281. The fraction of sp³-hybridized carbons (Fsp3) is 0.556. The van der Waals surface area contributed by atoms with Gasteiger partial charge in [0.25, 0.3) is 0 Å². The van der Waals surface area contributed by atoms with Crippen molar-refractivity contribution in [3.05, 3.63) is 18.1 Å². The first-order valence-corrected chi connectivity index (χ1v) is 4.62. The predicted molar refractivity (Wildman–Crippen MR) is 51.1 cm³/mol. The molecule has 4 nitrogen and oxygen atoms in total. The van der Waals surface area contributed by atoms with E-state index in [9.17, 15) is 0 Å². The van der Waals surface area contributed by atoms with Crippen LogP contribution in [0, 0.1) is 5.92 Å². The van der Waals surface area contributed by atoms with Crippen molar-refractivity contribution in [3.63, 3.8) is 0 Å². The summed E-state index contributed by atoms with van der Waals surface area (Å²) < 4.78 is 0. The summed E-state index contributed by atoms with van der Waals surface area (Å²) in [6.07, 6.45) is 3.79. The van der Waals surface area contributed by atoms with Gasteiger partial charge in [-0.15, -0.1) is 0 Å². The van der Waals surface area contributed by atoms with Crippen molar-refractivity contribution >= 4 is 5.82 Å². The molecule has 2 heterocycles. The Labute approximate surface area is 77.6 Å². The van der Waals surface area contributed by atoms with Crippen LogP contribution in [0.1, 0.15) is 12.1 Å². The minimum absolute atomic E-state index is 0.566. The van der Waals surface area contributed by atoms with Crippen LogP contribution >= 0.6 is 0 Å². The highest BCUT2D eigenvalue weighted by molar-refractivity contribution is 5.28. The van der Waals surface area contributed by atoms with E-state index in [1.807, 2.05) is 6.07 Å². The van der Waals surface area contributed by atoms with Crippen molar-refractivity contribution in [2.75, 3.05) is 18.8 Å². The zero-order chi connectivity index (χ0) is 9.10. The number of nitrogens with two attached hydrogens (primary N) is 1. The van der Waals surface area contributed by atoms with Crippen LogP contribution in [0.3, 0.4) is 0 Å². The number of nitrogens with one attached hydrogen (secondary N) is 1. The summed E-state index contributed by atoms with van der Waals surface area (Å²) in [5, 5.41) is 3.33. The normalized spacial score (nSPS) is 22.0. The summed E-state index contributed by atoms with van der Waals surface area (Å²) in [4.78, 5) is 8.05. The van der Waals surface area contributed by atoms with E-state index in [2.05, 4.69) is 15.3 Å². The summed E-state index contributed by atoms with van der Waals surface area (Å²) in [6, 6.07) is 1.86. The summed E-state index contributed by atoms with van der Waals surface area (Å²) >= 11 is 0. The molecule has 1 atom stereocenters. The molecule has 0 bridgehead atoms. The molecule has 70 valence electrons. The van der Waals surface area contributed by atoms with Gasteiger partial charge in [0.15, 0.2) is 0 Å². The molecule has 1 saturated heterocycles. The second kappa shape index (κ2) is 3.70. The van der Waals surface area contributed by atoms with Crippen LogP contribution in [0.5, 0.6) is 0 Å². The quantitative estimate of drug-likeness (QED) is 0.679. The second-order valence-electron chi connectivity index (χ2n) is 3.50. The van der Waals surface area contributed by atoms with Gasteiger partial charge >= 0.3 is 0 Å². The van der Waals surface area contributed by atoms with Gasteiger partial charge in [-0.25, -0.2) is 9.97 Å². The van der Waals surface area contributed by atoms with Gasteiger partial charge < -0.3 is 11.1 Å². The molecular weight excluding hydrogens is 164 g/mol. The molecule has 0 aliphatic carbocycles. The van der Waals surface area contributed by atoms with E-state index in [-0.39, 0.29) is 0 Å². The minimum atomic E-state index is 0.566. The maximum absolute atomic E-state index is 5.57. The van der Waals surface area contributed by atoms with Crippen LogP contribution in [0.15, 0.2) is 12.4 Å². The van der Waals surface area contributed by atoms with E-state index in [4.69, 9.17) is 5.73 Å². The molecule has 1 aromatic heterocycles. The van der Waals surface area contributed by atoms with Crippen LogP contribution in [0.4, 0.5) is 5.82 Å². The summed E-state index contributed by atoms with van der Waals surface area (Å²) in [5.74, 6) is 1.28. The third-order valence-corrected chi connectivity index (χ3v) is 2.41. The summed E-state index contributed by atoms with van der Waals surface area (Å²) in [5.41, 5.74) is 6.62. The summed E-state index contributed by atoms with van der Waals surface area (Å²) in [7, 11) is 0. The molecule has 0 aromatic carbocycles. The molecule has 0 saturated carbocycles. The molecule has 0 spiro atoms. The Morgan fingerprint density at radius 3 is 3.15 bits per heavy atom. The van der Waals surface area contributed by atoms with Crippen LogP contribution < -0.4 is 11.1 Å². The average Bonchev–Trinajstić information content (AvgIpc) is 2.57. The number of nitrogens with zero attached hydrogens (tertiary/aromatic N) is 2. The first-order chi connectivity index (χ1) is 6.34. The molecule has 1 fully saturated rings. The second-order valence-corrected chi connectivity index (χ2v) is 3.50. The van der Waals surface area contributed by atoms with E-state index in [1.54, 1.807) is 0 Å². The van der Waals surface area contributed by atoms with Gasteiger partial charge in [-0.05, 0) is 31.8 Å². The predicted octanol–water partition coefficient (Wildman–Crippen LogP) is 0.211. The third kappa shape index (κ3) is 2.15. The highest BCUT2D eigenvalue weighted by atomic mass is 14.9. The molecule has 2 rings (SSSR count). The van der Waals surface area contributed by atoms with E-state index < -0.39 is 0 Å². The lowest BCUT2D eigenvalue weighted by Crippen LogP contribution is -2.11. The number of nitrogen functional groups attached to an aromatic ring is 1. The molecule has 0 amide bonds. The maximum Gasteiger partial charge on any atom is 0.126 e. The van der Waals surface area contributed by atoms with Gasteiger partial charge in [0, 0.05) is 11.8 Å². The molecule has 1 aliphatic heterocycles. The minimum Gasteiger partial charge on any atom is -0.384 e. The number of rotatable bonds is 2. The lowest BCUT2D eigenvalue weighted by atomic mass is 10.0. The Balaban J connectivity index is 2.00. The standard InChI is InChI=1S/C9H14N4/c10-9-4-8(12-6-13-9)3-7-1-2-11-5-7/h4,6-7,11H,1-3,5H2,(H2,10,12,13). The van der Waals surface area contributed by atoms with Crippen LogP contribution in [-0.4, -0.2) is 23.1 Å². The van der Waals surface area contributed by atoms with Gasteiger partial charge in [-0.2, -0.15) is 0 Å². The first kappa shape index (κ1) is 8.44. The molecule has 13 heavy (non-hydrogen) atoms. The number of anilines is 1. The highest BCUT2D eigenvalue weighted by Crippen LogP contribution is 2.13. The molecule has 3 N–H and O–H groups in total. The largest absolute Gasteiger partial charge is 0.384 e. The monoisotopic (exact) mass is 178 g/mol. The van der Waals surface area contributed by atoms with Gasteiger partial charge in [-0.1, -0.05) is 0 Å². The lowest BCUT2D eigenvalue weighted by Gasteiger charge is -2.06. The maximum atomic E-state index is 5.57. The van der Waals surface area contributed by atoms with Crippen LogP contribution in [-0.2, 0) is 6.42 Å². The van der Waals surface area contributed by atoms with Crippen LogP contribution in [0.25, 0.3) is 0 Å². The fourth-order valence-electron chi connectivity index (χ4n) is 1.71. The third-order valence-electron chi connectivity index (χ3n) is 2.41.